The maximum atomic E-state index is 12.6. The second kappa shape index (κ2) is 8.34. The zero-order valence-corrected chi connectivity index (χ0v) is 17.4. The second-order valence-corrected chi connectivity index (χ2v) is 8.82. The smallest absolute Gasteiger partial charge is 0.357 e. The molecule has 0 radical (unpaired) electrons. The molecule has 0 amide bonds. The minimum atomic E-state index is -3.63. The average molecular weight is 416 g/mol. The molecule has 0 aliphatic heterocycles. The van der Waals surface area contributed by atoms with Crippen LogP contribution >= 0.6 is 0 Å². The van der Waals surface area contributed by atoms with Crippen LogP contribution in [0.3, 0.4) is 0 Å². The van der Waals surface area contributed by atoms with Crippen molar-refractivity contribution in [2.24, 2.45) is 0 Å². The summed E-state index contributed by atoms with van der Waals surface area (Å²) in [7, 11) is -3.63. The van der Waals surface area contributed by atoms with Gasteiger partial charge in [0.15, 0.2) is 21.2 Å². The number of aryl methyl sites for hydroxylation is 2. The number of aliphatic hydroxyl groups excluding tert-OH is 1. The number of carbonyl (C=O) groups is 1. The number of aliphatic hydroxyl groups is 1. The predicted octanol–water partition coefficient (Wildman–Crippen LogP) is 2.89. The molecule has 1 N–H and O–H groups in total. The largest absolute Gasteiger partial charge is 0.461 e. The van der Waals surface area contributed by atoms with Crippen LogP contribution in [0, 0.1) is 6.92 Å². The molecule has 7 nitrogen and oxygen atoms in total. The molecule has 3 rings (SSSR count). The van der Waals surface area contributed by atoms with Crippen LogP contribution < -0.4 is 0 Å². The van der Waals surface area contributed by atoms with Crippen molar-refractivity contribution in [2.45, 2.75) is 37.7 Å². The molecule has 2 heterocycles. The number of ether oxygens (including phenoxy) is 1. The quantitative estimate of drug-likeness (QED) is 0.595. The van der Waals surface area contributed by atoms with E-state index in [4.69, 9.17) is 4.74 Å². The van der Waals surface area contributed by atoms with Gasteiger partial charge in [-0.3, -0.25) is 4.40 Å². The van der Waals surface area contributed by atoms with Gasteiger partial charge in [-0.1, -0.05) is 30.3 Å². The van der Waals surface area contributed by atoms with Crippen molar-refractivity contribution in [3.05, 3.63) is 65.1 Å². The van der Waals surface area contributed by atoms with Gasteiger partial charge in [-0.15, -0.1) is 0 Å². The summed E-state index contributed by atoms with van der Waals surface area (Å²) in [5, 5.41) is 10.4. The fraction of sp³-hybridized carbons (Fsp3) is 0.333. The Labute approximate surface area is 169 Å². The third kappa shape index (κ3) is 4.33. The number of imidazole rings is 1. The fourth-order valence-electron chi connectivity index (χ4n) is 3.42. The number of benzene rings is 1. The monoisotopic (exact) mass is 416 g/mol. The van der Waals surface area contributed by atoms with E-state index in [2.05, 4.69) is 4.98 Å². The zero-order valence-electron chi connectivity index (χ0n) is 16.6. The number of aromatic nitrogens is 2. The van der Waals surface area contributed by atoms with Crippen molar-refractivity contribution in [1.82, 2.24) is 9.38 Å². The van der Waals surface area contributed by atoms with Gasteiger partial charge >= 0.3 is 5.97 Å². The zero-order chi connectivity index (χ0) is 21.2. The first kappa shape index (κ1) is 21.0. The topological polar surface area (TPSA) is 98.0 Å². The van der Waals surface area contributed by atoms with Crippen molar-refractivity contribution in [2.75, 3.05) is 12.9 Å². The first-order chi connectivity index (χ1) is 13.7. The Morgan fingerprint density at radius 3 is 2.55 bits per heavy atom. The lowest BCUT2D eigenvalue weighted by molar-refractivity contribution is 0.0517. The molecule has 0 spiro atoms. The van der Waals surface area contributed by atoms with Crippen LogP contribution in [0.25, 0.3) is 5.65 Å². The summed E-state index contributed by atoms with van der Waals surface area (Å²) in [6.07, 6.45) is 2.73. The third-order valence-corrected chi connectivity index (χ3v) is 5.90. The second-order valence-electron chi connectivity index (χ2n) is 6.87. The van der Waals surface area contributed by atoms with Crippen molar-refractivity contribution < 1.29 is 23.1 Å². The number of sulfone groups is 1. The van der Waals surface area contributed by atoms with Gasteiger partial charge in [-0.05, 0) is 43.9 Å². The molecule has 8 heteroatoms. The summed E-state index contributed by atoms with van der Waals surface area (Å²) in [5.41, 5.74) is 2.13. The first-order valence-corrected chi connectivity index (χ1v) is 11.2. The number of fused-ring (bicyclic) bond motifs is 1. The van der Waals surface area contributed by atoms with E-state index in [0.29, 0.717) is 24.1 Å². The molecule has 0 bridgehead atoms. The Kier molecular flexibility index (Phi) is 6.04. The van der Waals surface area contributed by atoms with E-state index >= 15 is 0 Å². The van der Waals surface area contributed by atoms with Gasteiger partial charge < -0.3 is 9.84 Å². The van der Waals surface area contributed by atoms with Crippen molar-refractivity contribution in [3.8, 4) is 0 Å². The van der Waals surface area contributed by atoms with Gasteiger partial charge in [0.25, 0.3) is 0 Å². The SMILES string of the molecule is CCOC(=O)c1c(C)nc2c(S(C)(=O)=O)c(CCC(O)c3ccccc3)ccn12. The molecule has 0 aliphatic carbocycles. The molecule has 2 aromatic heterocycles. The molecular weight excluding hydrogens is 392 g/mol. The molecule has 0 fully saturated rings. The van der Waals surface area contributed by atoms with Crippen LogP contribution in [0.2, 0.25) is 0 Å². The molecule has 154 valence electrons. The summed E-state index contributed by atoms with van der Waals surface area (Å²) >= 11 is 0. The van der Waals surface area contributed by atoms with Crippen LogP contribution in [0.4, 0.5) is 0 Å². The third-order valence-electron chi connectivity index (χ3n) is 4.72. The molecule has 0 aliphatic rings. The van der Waals surface area contributed by atoms with Gasteiger partial charge in [0, 0.05) is 12.5 Å². The van der Waals surface area contributed by atoms with Crippen LogP contribution in [-0.4, -0.2) is 41.7 Å². The Morgan fingerprint density at radius 2 is 1.93 bits per heavy atom. The van der Waals surface area contributed by atoms with E-state index in [0.717, 1.165) is 11.8 Å². The molecule has 3 aromatic rings. The lowest BCUT2D eigenvalue weighted by Gasteiger charge is -2.14. The van der Waals surface area contributed by atoms with Crippen molar-refractivity contribution >= 4 is 21.5 Å². The summed E-state index contributed by atoms with van der Waals surface area (Å²) in [4.78, 5) is 16.7. The van der Waals surface area contributed by atoms with E-state index in [1.807, 2.05) is 30.3 Å². The molecule has 1 unspecified atom stereocenters. The van der Waals surface area contributed by atoms with E-state index in [1.165, 1.54) is 4.40 Å². The maximum absolute atomic E-state index is 12.6. The minimum Gasteiger partial charge on any atom is -0.461 e. The number of pyridine rings is 1. The Morgan fingerprint density at radius 1 is 1.24 bits per heavy atom. The Balaban J connectivity index is 2.03. The fourth-order valence-corrected chi connectivity index (χ4v) is 4.54. The summed E-state index contributed by atoms with van der Waals surface area (Å²) < 4.78 is 31.7. The van der Waals surface area contributed by atoms with Crippen LogP contribution in [0.5, 0.6) is 0 Å². The highest BCUT2D eigenvalue weighted by atomic mass is 32.2. The molecule has 1 atom stereocenters. The maximum Gasteiger partial charge on any atom is 0.357 e. The van der Waals surface area contributed by atoms with Crippen LogP contribution in [-0.2, 0) is 21.0 Å². The predicted molar refractivity (Wildman–Crippen MR) is 109 cm³/mol. The van der Waals surface area contributed by atoms with Crippen molar-refractivity contribution in [1.29, 1.82) is 0 Å². The number of hydrogen-bond donors (Lipinski definition) is 1. The van der Waals surface area contributed by atoms with Gasteiger partial charge in [0.2, 0.25) is 0 Å². The molecule has 29 heavy (non-hydrogen) atoms. The highest BCUT2D eigenvalue weighted by molar-refractivity contribution is 7.91. The number of esters is 1. The number of hydrogen-bond acceptors (Lipinski definition) is 6. The van der Waals surface area contributed by atoms with Gasteiger partial charge in [-0.25, -0.2) is 18.2 Å². The van der Waals surface area contributed by atoms with Crippen LogP contribution in [0.1, 0.15) is 46.8 Å². The van der Waals surface area contributed by atoms with Gasteiger partial charge in [0.1, 0.15) is 4.90 Å². The standard InChI is InChI=1S/C21H24N2O5S/c1-4-28-21(25)18-14(2)22-20-19(29(3,26)27)16(12-13-23(18)20)10-11-17(24)15-8-6-5-7-9-15/h5-9,12-13,17,24H,4,10-11H2,1-3H3. The summed E-state index contributed by atoms with van der Waals surface area (Å²) in [6, 6.07) is 10.9. The molecule has 0 saturated carbocycles. The van der Waals surface area contributed by atoms with Crippen molar-refractivity contribution in [3.63, 3.8) is 0 Å². The van der Waals surface area contributed by atoms with Crippen LogP contribution in [0.15, 0.2) is 47.5 Å². The molecule has 1 aromatic carbocycles. The van der Waals surface area contributed by atoms with E-state index < -0.39 is 21.9 Å². The molecule has 0 saturated heterocycles. The summed E-state index contributed by atoms with van der Waals surface area (Å²) in [6.45, 7) is 3.55. The lowest BCUT2D eigenvalue weighted by atomic mass is 10.0. The van der Waals surface area contributed by atoms with E-state index in [-0.39, 0.29) is 22.8 Å². The van der Waals surface area contributed by atoms with E-state index in [9.17, 15) is 18.3 Å². The highest BCUT2D eigenvalue weighted by Crippen LogP contribution is 2.27. The average Bonchev–Trinajstić information content (AvgIpc) is 3.01. The lowest BCUT2D eigenvalue weighted by Crippen LogP contribution is -2.12. The van der Waals surface area contributed by atoms with Gasteiger partial charge in [-0.2, -0.15) is 0 Å². The first-order valence-electron chi connectivity index (χ1n) is 9.34. The normalized spacial score (nSPS) is 12.8. The van der Waals surface area contributed by atoms with Gasteiger partial charge in [0.05, 0.1) is 18.4 Å². The molecular formula is C21H24N2O5S. The number of rotatable bonds is 7. The van der Waals surface area contributed by atoms with E-state index in [1.54, 1.807) is 26.1 Å². The number of carbonyl (C=O) groups excluding carboxylic acids is 1. The summed E-state index contributed by atoms with van der Waals surface area (Å²) in [5.74, 6) is -0.552. The highest BCUT2D eigenvalue weighted by Gasteiger charge is 2.25. The minimum absolute atomic E-state index is 0.0684. The number of nitrogens with zero attached hydrogens (tertiary/aromatic N) is 2. The Bertz CT molecular complexity index is 1140. The Hall–Kier alpha value is -2.71.